The molecule has 0 atom stereocenters. The fourth-order valence-electron chi connectivity index (χ4n) is 1.92. The van der Waals surface area contributed by atoms with Gasteiger partial charge >= 0.3 is 5.97 Å². The lowest BCUT2D eigenvalue weighted by molar-refractivity contribution is 0.0461. The summed E-state index contributed by atoms with van der Waals surface area (Å²) in [5.74, 6) is -0.446. The highest BCUT2D eigenvalue weighted by atomic mass is 16.5. The van der Waals surface area contributed by atoms with Gasteiger partial charge in [0.25, 0.3) is 0 Å². The number of fused-ring (bicyclic) bond motifs is 1. The van der Waals surface area contributed by atoms with Crippen molar-refractivity contribution in [3.05, 3.63) is 65.9 Å². The Morgan fingerprint density at radius 1 is 1.25 bits per heavy atom. The summed E-state index contributed by atoms with van der Waals surface area (Å²) in [4.78, 5) is 20.1. The molecule has 5 heteroatoms. The third-order valence-corrected chi connectivity index (χ3v) is 2.87. The monoisotopic (exact) mass is 267 g/mol. The molecule has 0 aliphatic carbocycles. The number of nitrogens with zero attached hydrogens (tertiary/aromatic N) is 3. The first kappa shape index (κ1) is 12.3. The molecular formula is C15H13N3O2. The highest BCUT2D eigenvalue weighted by Gasteiger charge is 2.09. The number of esters is 1. The summed E-state index contributed by atoms with van der Waals surface area (Å²) >= 11 is 0. The molecule has 3 rings (SSSR count). The SMILES string of the molecule is Cc1ccc2nc(COC(=O)c3ccccn3)cn2c1. The number of aryl methyl sites for hydroxylation is 1. The lowest BCUT2D eigenvalue weighted by Gasteiger charge is -2.01. The van der Waals surface area contributed by atoms with E-state index >= 15 is 0 Å². The Hall–Kier alpha value is -2.69. The second-order valence-electron chi connectivity index (χ2n) is 4.50. The lowest BCUT2D eigenvalue weighted by atomic mass is 10.3. The van der Waals surface area contributed by atoms with Crippen molar-refractivity contribution in [3.8, 4) is 0 Å². The van der Waals surface area contributed by atoms with Gasteiger partial charge in [-0.25, -0.2) is 14.8 Å². The van der Waals surface area contributed by atoms with Crippen LogP contribution in [0.25, 0.3) is 5.65 Å². The molecule has 0 bridgehead atoms. The predicted molar refractivity (Wildman–Crippen MR) is 73.3 cm³/mol. The molecule has 0 aromatic carbocycles. The molecule has 3 aromatic heterocycles. The number of ether oxygens (including phenoxy) is 1. The molecule has 0 spiro atoms. The lowest BCUT2D eigenvalue weighted by Crippen LogP contribution is -2.07. The van der Waals surface area contributed by atoms with Crippen LogP contribution in [0.4, 0.5) is 0 Å². The number of imidazole rings is 1. The van der Waals surface area contributed by atoms with E-state index in [0.29, 0.717) is 11.4 Å². The van der Waals surface area contributed by atoms with Crippen LogP contribution in [0.2, 0.25) is 0 Å². The molecule has 0 saturated heterocycles. The van der Waals surface area contributed by atoms with Gasteiger partial charge in [-0.1, -0.05) is 12.1 Å². The van der Waals surface area contributed by atoms with Gasteiger partial charge < -0.3 is 9.14 Å². The minimum Gasteiger partial charge on any atom is -0.454 e. The zero-order chi connectivity index (χ0) is 13.9. The van der Waals surface area contributed by atoms with E-state index in [4.69, 9.17) is 4.74 Å². The van der Waals surface area contributed by atoms with Gasteiger partial charge in [-0.2, -0.15) is 0 Å². The molecule has 0 aliphatic heterocycles. The van der Waals surface area contributed by atoms with Gasteiger partial charge in [0.15, 0.2) is 0 Å². The summed E-state index contributed by atoms with van der Waals surface area (Å²) in [5, 5.41) is 0. The predicted octanol–water partition coefficient (Wildman–Crippen LogP) is 2.39. The smallest absolute Gasteiger partial charge is 0.357 e. The molecule has 100 valence electrons. The van der Waals surface area contributed by atoms with Crippen LogP contribution < -0.4 is 0 Å². The maximum atomic E-state index is 11.8. The van der Waals surface area contributed by atoms with Crippen LogP contribution in [0, 0.1) is 6.92 Å². The van der Waals surface area contributed by atoms with Crippen molar-refractivity contribution in [2.45, 2.75) is 13.5 Å². The second kappa shape index (κ2) is 5.13. The van der Waals surface area contributed by atoms with E-state index in [0.717, 1.165) is 11.2 Å². The van der Waals surface area contributed by atoms with Crippen LogP contribution in [-0.2, 0) is 11.3 Å². The Bertz CT molecular complexity index is 750. The largest absolute Gasteiger partial charge is 0.454 e. The molecule has 0 saturated carbocycles. The maximum Gasteiger partial charge on any atom is 0.357 e. The molecule has 20 heavy (non-hydrogen) atoms. The first-order valence-corrected chi connectivity index (χ1v) is 6.25. The van der Waals surface area contributed by atoms with Crippen molar-refractivity contribution >= 4 is 11.6 Å². The summed E-state index contributed by atoms with van der Waals surface area (Å²) in [6.45, 7) is 2.15. The Kier molecular flexibility index (Phi) is 3.16. The zero-order valence-electron chi connectivity index (χ0n) is 11.0. The van der Waals surface area contributed by atoms with Crippen molar-refractivity contribution in [2.24, 2.45) is 0 Å². The number of aromatic nitrogens is 3. The molecule has 0 aliphatic rings. The van der Waals surface area contributed by atoms with Gasteiger partial charge in [-0.15, -0.1) is 0 Å². The van der Waals surface area contributed by atoms with Gasteiger partial charge in [0.05, 0.1) is 5.69 Å². The maximum absolute atomic E-state index is 11.8. The topological polar surface area (TPSA) is 56.5 Å². The summed E-state index contributed by atoms with van der Waals surface area (Å²) in [6, 6.07) is 9.04. The molecule has 5 nitrogen and oxygen atoms in total. The van der Waals surface area contributed by atoms with Gasteiger partial charge in [0, 0.05) is 18.6 Å². The van der Waals surface area contributed by atoms with Crippen LogP contribution in [-0.4, -0.2) is 20.3 Å². The van der Waals surface area contributed by atoms with E-state index in [-0.39, 0.29) is 6.61 Å². The first-order chi connectivity index (χ1) is 9.72. The molecule has 3 aromatic rings. The second-order valence-corrected chi connectivity index (χ2v) is 4.50. The molecule has 0 radical (unpaired) electrons. The van der Waals surface area contributed by atoms with Gasteiger partial charge in [0.2, 0.25) is 0 Å². The van der Waals surface area contributed by atoms with Gasteiger partial charge in [0.1, 0.15) is 17.9 Å². The zero-order valence-corrected chi connectivity index (χ0v) is 11.0. The van der Waals surface area contributed by atoms with Crippen LogP contribution >= 0.6 is 0 Å². The molecule has 0 unspecified atom stereocenters. The Balaban J connectivity index is 1.72. The quantitative estimate of drug-likeness (QED) is 0.684. The standard InChI is InChI=1S/C15H13N3O2/c1-11-5-6-14-17-12(9-18(14)8-11)10-20-15(19)13-4-2-3-7-16-13/h2-9H,10H2,1H3. The van der Waals surface area contributed by atoms with Crippen LogP contribution in [0.5, 0.6) is 0 Å². The third-order valence-electron chi connectivity index (χ3n) is 2.87. The van der Waals surface area contributed by atoms with E-state index in [1.54, 1.807) is 24.4 Å². The summed E-state index contributed by atoms with van der Waals surface area (Å²) in [7, 11) is 0. The van der Waals surface area contributed by atoms with E-state index in [2.05, 4.69) is 9.97 Å². The van der Waals surface area contributed by atoms with Crippen molar-refractivity contribution < 1.29 is 9.53 Å². The van der Waals surface area contributed by atoms with E-state index < -0.39 is 5.97 Å². The van der Waals surface area contributed by atoms with E-state index in [1.165, 1.54) is 0 Å². The summed E-state index contributed by atoms with van der Waals surface area (Å²) in [6.07, 6.45) is 5.39. The summed E-state index contributed by atoms with van der Waals surface area (Å²) in [5.41, 5.74) is 2.98. The number of rotatable bonds is 3. The van der Waals surface area contributed by atoms with Crippen molar-refractivity contribution in [1.82, 2.24) is 14.4 Å². The number of carbonyl (C=O) groups is 1. The number of hydrogen-bond acceptors (Lipinski definition) is 4. The summed E-state index contributed by atoms with van der Waals surface area (Å²) < 4.78 is 7.11. The highest BCUT2D eigenvalue weighted by molar-refractivity contribution is 5.87. The van der Waals surface area contributed by atoms with Gasteiger partial charge in [-0.05, 0) is 30.7 Å². The number of pyridine rings is 2. The molecular weight excluding hydrogens is 254 g/mol. The molecule has 0 fully saturated rings. The van der Waals surface area contributed by atoms with Crippen molar-refractivity contribution in [1.29, 1.82) is 0 Å². The Morgan fingerprint density at radius 3 is 2.95 bits per heavy atom. The molecule has 0 amide bonds. The fraction of sp³-hybridized carbons (Fsp3) is 0.133. The fourth-order valence-corrected chi connectivity index (χ4v) is 1.92. The van der Waals surface area contributed by atoms with Crippen LogP contribution in [0.1, 0.15) is 21.7 Å². The highest BCUT2D eigenvalue weighted by Crippen LogP contribution is 2.09. The number of carbonyl (C=O) groups excluding carboxylic acids is 1. The molecule has 3 heterocycles. The Labute approximate surface area is 115 Å². The van der Waals surface area contributed by atoms with Crippen molar-refractivity contribution in [2.75, 3.05) is 0 Å². The minimum absolute atomic E-state index is 0.135. The van der Waals surface area contributed by atoms with Crippen molar-refractivity contribution in [3.63, 3.8) is 0 Å². The third kappa shape index (κ3) is 2.51. The average molecular weight is 267 g/mol. The van der Waals surface area contributed by atoms with E-state index in [1.807, 2.05) is 35.9 Å². The normalized spacial score (nSPS) is 10.7. The molecule has 0 N–H and O–H groups in total. The van der Waals surface area contributed by atoms with Crippen LogP contribution in [0.15, 0.2) is 48.9 Å². The van der Waals surface area contributed by atoms with Gasteiger partial charge in [-0.3, -0.25) is 0 Å². The first-order valence-electron chi connectivity index (χ1n) is 6.25. The minimum atomic E-state index is -0.446. The Morgan fingerprint density at radius 2 is 2.15 bits per heavy atom. The van der Waals surface area contributed by atoms with Crippen LogP contribution in [0.3, 0.4) is 0 Å². The number of hydrogen-bond donors (Lipinski definition) is 0. The van der Waals surface area contributed by atoms with E-state index in [9.17, 15) is 4.79 Å². The average Bonchev–Trinajstić information content (AvgIpc) is 2.87.